The number of anilines is 1. The molecule has 1 aliphatic carbocycles. The molecule has 3 amide bonds. The highest BCUT2D eigenvalue weighted by molar-refractivity contribution is 7.90. The van der Waals surface area contributed by atoms with Crippen molar-refractivity contribution in [1.29, 1.82) is 0 Å². The Morgan fingerprint density at radius 1 is 1.11 bits per heavy atom. The number of β-amino-alcohol motifs (C(OH)–C–C–N with tert-alkyl or cyclic N) is 1. The standard InChI is InChI=1S/C32H32Cl2N4O6S/c1-16-21(13-30(40)38-14-19(39)10-29(38)32(42)36-18-6-7-18)17(2)35-28(16)12-23-22-11-20(8-9-27(22)37-31(23)41)45(43,44)15-24-25(33)4-3-5-26(24)34/h3-5,8-9,11-12,18-19,29,35,39H,6-7,10,13-15H2,1-2H3,(H,36,42)(H,37,41)/b23-12-/t19-,29+/m1/s1. The van der Waals surface area contributed by atoms with Crippen molar-refractivity contribution in [2.75, 3.05) is 11.9 Å². The van der Waals surface area contributed by atoms with E-state index < -0.39 is 33.6 Å². The Hall–Kier alpha value is -3.64. The van der Waals surface area contributed by atoms with Crippen LogP contribution in [0.3, 0.4) is 0 Å². The van der Waals surface area contributed by atoms with E-state index >= 15 is 0 Å². The number of nitrogens with one attached hydrogen (secondary N) is 3. The number of aryl methyl sites for hydroxylation is 1. The second-order valence-electron chi connectivity index (χ2n) is 11.9. The summed E-state index contributed by atoms with van der Waals surface area (Å²) in [5.74, 6) is -1.32. The maximum atomic E-state index is 13.4. The molecule has 13 heteroatoms. The molecular weight excluding hydrogens is 639 g/mol. The first-order valence-corrected chi connectivity index (χ1v) is 17.0. The van der Waals surface area contributed by atoms with Crippen molar-refractivity contribution in [3.63, 3.8) is 0 Å². The Balaban J connectivity index is 1.26. The lowest BCUT2D eigenvalue weighted by Gasteiger charge is -2.24. The van der Waals surface area contributed by atoms with Crippen LogP contribution in [-0.4, -0.2) is 65.9 Å². The summed E-state index contributed by atoms with van der Waals surface area (Å²) >= 11 is 12.5. The fraction of sp³-hybridized carbons (Fsp3) is 0.344. The van der Waals surface area contributed by atoms with E-state index in [1.807, 2.05) is 13.8 Å². The SMILES string of the molecule is Cc1[nH]c(/C=C2\C(=O)Nc3ccc(S(=O)(=O)Cc4c(Cl)cccc4Cl)cc32)c(C)c1CC(=O)N1C[C@H](O)C[C@H]1C(=O)NC1CC1. The van der Waals surface area contributed by atoms with E-state index in [2.05, 4.69) is 15.6 Å². The molecule has 0 spiro atoms. The molecular formula is C32H32Cl2N4O6S. The predicted octanol–water partition coefficient (Wildman–Crippen LogP) is 4.19. The number of rotatable bonds is 8. The summed E-state index contributed by atoms with van der Waals surface area (Å²) in [6.45, 7) is 3.74. The third-order valence-electron chi connectivity index (χ3n) is 8.60. The van der Waals surface area contributed by atoms with E-state index in [9.17, 15) is 27.9 Å². The van der Waals surface area contributed by atoms with Gasteiger partial charge in [0.1, 0.15) is 6.04 Å². The third kappa shape index (κ3) is 6.27. The molecule has 4 N–H and O–H groups in total. The van der Waals surface area contributed by atoms with Crippen LogP contribution in [0.5, 0.6) is 0 Å². The van der Waals surface area contributed by atoms with Crippen molar-refractivity contribution in [3.05, 3.63) is 80.1 Å². The van der Waals surface area contributed by atoms with Crippen LogP contribution in [0.4, 0.5) is 5.69 Å². The van der Waals surface area contributed by atoms with Crippen LogP contribution in [0.25, 0.3) is 11.6 Å². The molecule has 3 heterocycles. The highest BCUT2D eigenvalue weighted by atomic mass is 35.5. The van der Waals surface area contributed by atoms with E-state index in [-0.39, 0.29) is 57.8 Å². The molecule has 0 bridgehead atoms. The van der Waals surface area contributed by atoms with Crippen molar-refractivity contribution < 1.29 is 27.9 Å². The van der Waals surface area contributed by atoms with Gasteiger partial charge < -0.3 is 25.6 Å². The quantitative estimate of drug-likeness (QED) is 0.264. The summed E-state index contributed by atoms with van der Waals surface area (Å²) in [4.78, 5) is 43.9. The molecule has 45 heavy (non-hydrogen) atoms. The fourth-order valence-corrected chi connectivity index (χ4v) is 8.05. The van der Waals surface area contributed by atoms with Crippen molar-refractivity contribution in [2.45, 2.75) is 68.4 Å². The number of H-pyrrole nitrogens is 1. The number of amides is 3. The largest absolute Gasteiger partial charge is 0.391 e. The van der Waals surface area contributed by atoms with Crippen LogP contribution in [0.1, 0.15) is 52.9 Å². The normalized spacial score (nSPS) is 20.4. The average molecular weight is 672 g/mol. The van der Waals surface area contributed by atoms with Crippen LogP contribution in [0.15, 0.2) is 41.3 Å². The first-order valence-electron chi connectivity index (χ1n) is 14.6. The average Bonchev–Trinajstić information content (AvgIpc) is 3.54. The molecule has 0 radical (unpaired) electrons. The monoisotopic (exact) mass is 670 g/mol. The summed E-state index contributed by atoms with van der Waals surface area (Å²) < 4.78 is 26.8. The number of hydrogen-bond acceptors (Lipinski definition) is 6. The molecule has 2 fully saturated rings. The number of carbonyl (C=O) groups excluding carboxylic acids is 3. The molecule has 6 rings (SSSR count). The van der Waals surface area contributed by atoms with Gasteiger partial charge >= 0.3 is 0 Å². The minimum Gasteiger partial charge on any atom is -0.391 e. The molecule has 3 aromatic rings. The summed E-state index contributed by atoms with van der Waals surface area (Å²) in [7, 11) is -3.88. The van der Waals surface area contributed by atoms with Gasteiger partial charge in [-0.25, -0.2) is 8.42 Å². The Bertz CT molecular complexity index is 1860. The second kappa shape index (κ2) is 11.9. The zero-order valence-corrected chi connectivity index (χ0v) is 26.9. The number of nitrogens with zero attached hydrogens (tertiary/aromatic N) is 1. The minimum atomic E-state index is -3.88. The zero-order valence-electron chi connectivity index (χ0n) is 24.6. The topological polar surface area (TPSA) is 149 Å². The molecule has 2 aromatic carbocycles. The number of carbonyl (C=O) groups is 3. The smallest absolute Gasteiger partial charge is 0.256 e. The molecule has 2 aliphatic heterocycles. The minimum absolute atomic E-state index is 0.00699. The zero-order chi connectivity index (χ0) is 32.2. The number of aromatic nitrogens is 1. The van der Waals surface area contributed by atoms with E-state index in [1.165, 1.54) is 17.0 Å². The van der Waals surface area contributed by atoms with Crippen molar-refractivity contribution >= 4 is 68.1 Å². The predicted molar refractivity (Wildman–Crippen MR) is 172 cm³/mol. The number of sulfone groups is 1. The Kier molecular flexibility index (Phi) is 8.32. The van der Waals surface area contributed by atoms with Gasteiger partial charge in [-0.05, 0) is 74.2 Å². The maximum absolute atomic E-state index is 13.4. The van der Waals surface area contributed by atoms with Crippen LogP contribution in [-0.2, 0) is 36.4 Å². The molecule has 1 saturated carbocycles. The Labute approximate surface area is 270 Å². The van der Waals surface area contributed by atoms with Crippen LogP contribution in [0.2, 0.25) is 10.0 Å². The molecule has 3 aliphatic rings. The van der Waals surface area contributed by atoms with Crippen LogP contribution in [0, 0.1) is 13.8 Å². The van der Waals surface area contributed by atoms with Gasteiger partial charge in [-0.3, -0.25) is 14.4 Å². The molecule has 10 nitrogen and oxygen atoms in total. The molecule has 236 valence electrons. The summed E-state index contributed by atoms with van der Waals surface area (Å²) in [6.07, 6.45) is 2.92. The van der Waals surface area contributed by atoms with Gasteiger partial charge in [0.2, 0.25) is 11.8 Å². The van der Waals surface area contributed by atoms with E-state index in [4.69, 9.17) is 23.2 Å². The molecule has 1 aromatic heterocycles. The molecule has 2 atom stereocenters. The number of likely N-dealkylation sites (tertiary alicyclic amines) is 1. The van der Waals surface area contributed by atoms with Gasteiger partial charge in [0.25, 0.3) is 5.91 Å². The van der Waals surface area contributed by atoms with Gasteiger partial charge in [0.05, 0.1) is 28.7 Å². The number of aliphatic hydroxyl groups is 1. The highest BCUT2D eigenvalue weighted by Crippen LogP contribution is 2.37. The Morgan fingerprint density at radius 2 is 1.82 bits per heavy atom. The number of benzene rings is 2. The second-order valence-corrected chi connectivity index (χ2v) is 14.7. The fourth-order valence-electron chi connectivity index (χ4n) is 5.93. The summed E-state index contributed by atoms with van der Waals surface area (Å²) in [5, 5.41) is 16.5. The summed E-state index contributed by atoms with van der Waals surface area (Å²) in [5.41, 5.74) is 4.23. The lowest BCUT2D eigenvalue weighted by molar-refractivity contribution is -0.138. The molecule has 1 saturated heterocycles. The van der Waals surface area contributed by atoms with E-state index in [1.54, 1.807) is 30.3 Å². The first kappa shape index (κ1) is 31.3. The number of hydrogen-bond donors (Lipinski definition) is 4. The van der Waals surface area contributed by atoms with Gasteiger partial charge in [-0.15, -0.1) is 0 Å². The van der Waals surface area contributed by atoms with E-state index in [0.29, 0.717) is 22.5 Å². The van der Waals surface area contributed by atoms with E-state index in [0.717, 1.165) is 29.7 Å². The Morgan fingerprint density at radius 3 is 2.51 bits per heavy atom. The number of fused-ring (bicyclic) bond motifs is 1. The number of aromatic amines is 1. The summed E-state index contributed by atoms with van der Waals surface area (Å²) in [6, 6.07) is 8.66. The highest BCUT2D eigenvalue weighted by Gasteiger charge is 2.40. The van der Waals surface area contributed by atoms with Crippen molar-refractivity contribution in [3.8, 4) is 0 Å². The van der Waals surface area contributed by atoms with Gasteiger partial charge in [-0.1, -0.05) is 29.3 Å². The number of halogens is 2. The number of aliphatic hydroxyl groups excluding tert-OH is 1. The lowest BCUT2D eigenvalue weighted by Crippen LogP contribution is -2.47. The van der Waals surface area contributed by atoms with Crippen LogP contribution < -0.4 is 10.6 Å². The van der Waals surface area contributed by atoms with Gasteiger partial charge in [-0.2, -0.15) is 0 Å². The van der Waals surface area contributed by atoms with Gasteiger partial charge in [0, 0.05) is 57.3 Å². The third-order valence-corrected chi connectivity index (χ3v) is 11.0. The lowest BCUT2D eigenvalue weighted by atomic mass is 10.0. The van der Waals surface area contributed by atoms with Gasteiger partial charge in [0.15, 0.2) is 9.84 Å². The van der Waals surface area contributed by atoms with Crippen molar-refractivity contribution in [2.24, 2.45) is 0 Å². The first-order chi connectivity index (χ1) is 21.3. The maximum Gasteiger partial charge on any atom is 0.256 e. The molecule has 0 unspecified atom stereocenters. The van der Waals surface area contributed by atoms with Crippen LogP contribution >= 0.6 is 23.2 Å². The van der Waals surface area contributed by atoms with Crippen molar-refractivity contribution in [1.82, 2.24) is 15.2 Å².